The molecule has 0 spiro atoms. The molecule has 0 aliphatic carbocycles. The molecule has 74 valence electrons. The van der Waals surface area contributed by atoms with E-state index in [9.17, 15) is 0 Å². The molecule has 0 radical (unpaired) electrons. The lowest BCUT2D eigenvalue weighted by atomic mass is 9.84. The molecule has 12 heavy (non-hydrogen) atoms. The second-order valence-corrected chi connectivity index (χ2v) is 4.18. The van der Waals surface area contributed by atoms with Gasteiger partial charge in [-0.15, -0.1) is 0 Å². The van der Waals surface area contributed by atoms with Crippen molar-refractivity contribution >= 4 is 0 Å². The second-order valence-electron chi connectivity index (χ2n) is 4.18. The van der Waals surface area contributed by atoms with Gasteiger partial charge in [-0.05, 0) is 12.3 Å². The van der Waals surface area contributed by atoms with Crippen molar-refractivity contribution in [2.75, 3.05) is 13.2 Å². The summed E-state index contributed by atoms with van der Waals surface area (Å²) in [5.41, 5.74) is -0.274. The highest BCUT2D eigenvalue weighted by atomic mass is 16.3. The van der Waals surface area contributed by atoms with Crippen molar-refractivity contribution in [3.8, 4) is 0 Å². The molecule has 0 fully saturated rings. The lowest BCUT2D eigenvalue weighted by molar-refractivity contribution is 0.0576. The van der Waals surface area contributed by atoms with E-state index in [1.165, 1.54) is 6.42 Å². The maximum absolute atomic E-state index is 9.01. The van der Waals surface area contributed by atoms with Crippen LogP contribution in [0.15, 0.2) is 0 Å². The normalized spacial score (nSPS) is 14.8. The fourth-order valence-corrected chi connectivity index (χ4v) is 1.01. The first-order chi connectivity index (χ1) is 5.58. The van der Waals surface area contributed by atoms with E-state index in [1.54, 1.807) is 0 Å². The van der Waals surface area contributed by atoms with E-state index in [2.05, 4.69) is 13.8 Å². The third kappa shape index (κ3) is 4.07. The van der Waals surface area contributed by atoms with E-state index in [-0.39, 0.29) is 18.6 Å². The molecule has 2 heteroatoms. The predicted molar refractivity (Wildman–Crippen MR) is 51.0 cm³/mol. The molecule has 2 nitrogen and oxygen atoms in total. The molecule has 0 bridgehead atoms. The van der Waals surface area contributed by atoms with Gasteiger partial charge in [-0.1, -0.05) is 33.6 Å². The van der Waals surface area contributed by atoms with Crippen LogP contribution >= 0.6 is 0 Å². The van der Waals surface area contributed by atoms with Crippen molar-refractivity contribution < 1.29 is 10.2 Å². The molecule has 0 heterocycles. The van der Waals surface area contributed by atoms with Crippen molar-refractivity contribution in [2.24, 2.45) is 11.3 Å². The summed E-state index contributed by atoms with van der Waals surface area (Å²) in [6, 6.07) is 0. The third-order valence-corrected chi connectivity index (χ3v) is 2.70. The van der Waals surface area contributed by atoms with Gasteiger partial charge in [0.15, 0.2) is 0 Å². The average Bonchev–Trinajstić information content (AvgIpc) is 2.13. The molecule has 1 unspecified atom stereocenters. The van der Waals surface area contributed by atoms with Crippen LogP contribution in [0.25, 0.3) is 0 Å². The molecule has 2 N–H and O–H groups in total. The van der Waals surface area contributed by atoms with Gasteiger partial charge < -0.3 is 10.2 Å². The van der Waals surface area contributed by atoms with E-state index in [1.807, 2.05) is 6.92 Å². The Kier molecular flexibility index (Phi) is 5.51. The molecule has 0 amide bonds. The Labute approximate surface area is 75.6 Å². The van der Waals surface area contributed by atoms with Gasteiger partial charge in [0.05, 0.1) is 13.2 Å². The van der Waals surface area contributed by atoms with E-state index in [4.69, 9.17) is 10.2 Å². The molecule has 0 saturated heterocycles. The van der Waals surface area contributed by atoms with Crippen LogP contribution in [0, 0.1) is 11.3 Å². The Hall–Kier alpha value is -0.0800. The van der Waals surface area contributed by atoms with Crippen LogP contribution < -0.4 is 0 Å². The number of rotatable bonds is 6. The maximum atomic E-state index is 9.01. The number of aliphatic hydroxyl groups is 2. The fraction of sp³-hybridized carbons (Fsp3) is 1.00. The maximum Gasteiger partial charge on any atom is 0.0506 e. The Morgan fingerprint density at radius 2 is 1.75 bits per heavy atom. The zero-order chi connectivity index (χ0) is 9.61. The Morgan fingerprint density at radius 3 is 2.08 bits per heavy atom. The highest BCUT2D eigenvalue weighted by Gasteiger charge is 2.22. The molecule has 0 aliphatic rings. The summed E-state index contributed by atoms with van der Waals surface area (Å²) in [5, 5.41) is 18.0. The topological polar surface area (TPSA) is 40.5 Å². The van der Waals surface area contributed by atoms with Crippen LogP contribution in [0.5, 0.6) is 0 Å². The summed E-state index contributed by atoms with van der Waals surface area (Å²) < 4.78 is 0. The first-order valence-electron chi connectivity index (χ1n) is 4.79. The Bertz CT molecular complexity index is 108. The molecular formula is C10H22O2. The van der Waals surface area contributed by atoms with Gasteiger partial charge >= 0.3 is 0 Å². The quantitative estimate of drug-likeness (QED) is 0.644. The van der Waals surface area contributed by atoms with Crippen LogP contribution in [-0.4, -0.2) is 23.4 Å². The molecular weight excluding hydrogens is 152 g/mol. The minimum Gasteiger partial charge on any atom is -0.396 e. The molecule has 0 saturated carbocycles. The van der Waals surface area contributed by atoms with E-state index in [0.717, 1.165) is 12.8 Å². The molecule has 1 atom stereocenters. The number of hydrogen-bond donors (Lipinski definition) is 2. The molecule has 0 aromatic carbocycles. The smallest absolute Gasteiger partial charge is 0.0506 e. The minimum atomic E-state index is -0.274. The van der Waals surface area contributed by atoms with E-state index >= 15 is 0 Å². The average molecular weight is 174 g/mol. The van der Waals surface area contributed by atoms with Gasteiger partial charge in [0.25, 0.3) is 0 Å². The third-order valence-electron chi connectivity index (χ3n) is 2.70. The zero-order valence-electron chi connectivity index (χ0n) is 8.51. The van der Waals surface area contributed by atoms with Crippen molar-refractivity contribution in [3.63, 3.8) is 0 Å². The van der Waals surface area contributed by atoms with Gasteiger partial charge in [-0.2, -0.15) is 0 Å². The standard InChI is InChI=1S/C10H22O2/c1-4-9(2)5-6-10(3,7-11)8-12/h9,11-12H,4-8H2,1-3H3. The van der Waals surface area contributed by atoms with Gasteiger partial charge in [0.1, 0.15) is 0 Å². The van der Waals surface area contributed by atoms with Gasteiger partial charge in [0, 0.05) is 5.41 Å². The summed E-state index contributed by atoms with van der Waals surface area (Å²) >= 11 is 0. The summed E-state index contributed by atoms with van der Waals surface area (Å²) in [4.78, 5) is 0. The fourth-order valence-electron chi connectivity index (χ4n) is 1.01. The largest absolute Gasteiger partial charge is 0.396 e. The van der Waals surface area contributed by atoms with Crippen molar-refractivity contribution in [1.29, 1.82) is 0 Å². The van der Waals surface area contributed by atoms with Gasteiger partial charge in [-0.3, -0.25) is 0 Å². The summed E-state index contributed by atoms with van der Waals surface area (Å²) in [5.74, 6) is 0.697. The molecule has 0 aliphatic heterocycles. The van der Waals surface area contributed by atoms with Gasteiger partial charge in [0.2, 0.25) is 0 Å². The minimum absolute atomic E-state index is 0.0833. The summed E-state index contributed by atoms with van der Waals surface area (Å²) in [7, 11) is 0. The highest BCUT2D eigenvalue weighted by Crippen LogP contribution is 2.25. The van der Waals surface area contributed by atoms with E-state index in [0.29, 0.717) is 5.92 Å². The summed E-state index contributed by atoms with van der Waals surface area (Å²) in [6.07, 6.45) is 3.18. The second kappa shape index (κ2) is 5.55. The van der Waals surface area contributed by atoms with Crippen LogP contribution in [0.2, 0.25) is 0 Å². The van der Waals surface area contributed by atoms with Crippen LogP contribution in [0.3, 0.4) is 0 Å². The van der Waals surface area contributed by atoms with Gasteiger partial charge in [-0.25, -0.2) is 0 Å². The van der Waals surface area contributed by atoms with Crippen molar-refractivity contribution in [3.05, 3.63) is 0 Å². The SMILES string of the molecule is CCC(C)CCC(C)(CO)CO. The monoisotopic (exact) mass is 174 g/mol. The summed E-state index contributed by atoms with van der Waals surface area (Å²) in [6.45, 7) is 6.46. The predicted octanol–water partition coefficient (Wildman–Crippen LogP) is 1.80. The highest BCUT2D eigenvalue weighted by molar-refractivity contribution is 4.72. The Morgan fingerprint density at radius 1 is 1.25 bits per heavy atom. The molecule has 0 rings (SSSR count). The molecule has 0 aromatic rings. The first kappa shape index (κ1) is 11.9. The van der Waals surface area contributed by atoms with E-state index < -0.39 is 0 Å². The lowest BCUT2D eigenvalue weighted by Gasteiger charge is -2.25. The van der Waals surface area contributed by atoms with Crippen LogP contribution in [-0.2, 0) is 0 Å². The van der Waals surface area contributed by atoms with Crippen LogP contribution in [0.4, 0.5) is 0 Å². The number of hydrogen-bond acceptors (Lipinski definition) is 2. The number of aliphatic hydroxyl groups excluding tert-OH is 2. The van der Waals surface area contributed by atoms with Crippen LogP contribution in [0.1, 0.15) is 40.0 Å². The molecule has 0 aromatic heterocycles. The lowest BCUT2D eigenvalue weighted by Crippen LogP contribution is -2.26. The Balaban J connectivity index is 3.72. The van der Waals surface area contributed by atoms with Crippen molar-refractivity contribution in [1.82, 2.24) is 0 Å². The van der Waals surface area contributed by atoms with Crippen molar-refractivity contribution in [2.45, 2.75) is 40.0 Å². The zero-order valence-corrected chi connectivity index (χ0v) is 8.51. The first-order valence-corrected chi connectivity index (χ1v) is 4.79.